The van der Waals surface area contributed by atoms with Gasteiger partial charge in [-0.2, -0.15) is 0 Å². The van der Waals surface area contributed by atoms with Gasteiger partial charge in [-0.3, -0.25) is 4.48 Å². The molecule has 0 radical (unpaired) electrons. The molecule has 1 heterocycles. The molecule has 3 heteroatoms. The SMILES string of the molecule is C[N+]1(C(=O)[O-])CCCC1. The molecular weight excluding hydrogens is 118 g/mol. The molecule has 0 spiro atoms. The van der Waals surface area contributed by atoms with Gasteiger partial charge in [-0.25, -0.2) is 0 Å². The fourth-order valence-corrected chi connectivity index (χ4v) is 1.22. The van der Waals surface area contributed by atoms with Gasteiger partial charge in [-0.1, -0.05) is 0 Å². The highest BCUT2D eigenvalue weighted by molar-refractivity contribution is 5.53. The Bertz CT molecular complexity index is 127. The minimum Gasteiger partial charge on any atom is -0.498 e. The quantitative estimate of drug-likeness (QED) is 0.416. The summed E-state index contributed by atoms with van der Waals surface area (Å²) in [7, 11) is 1.71. The van der Waals surface area contributed by atoms with Crippen LogP contribution in [0.25, 0.3) is 0 Å². The van der Waals surface area contributed by atoms with Crippen molar-refractivity contribution in [3.8, 4) is 0 Å². The lowest BCUT2D eigenvalue weighted by molar-refractivity contribution is -0.845. The highest BCUT2D eigenvalue weighted by Crippen LogP contribution is 2.14. The first kappa shape index (κ1) is 6.55. The number of amides is 1. The first-order chi connectivity index (χ1) is 4.15. The molecule has 1 aliphatic rings. The number of quaternary nitrogens is 1. The van der Waals surface area contributed by atoms with Crippen LogP contribution in [0.1, 0.15) is 12.8 Å². The van der Waals surface area contributed by atoms with Crippen LogP contribution < -0.4 is 5.11 Å². The lowest BCUT2D eigenvalue weighted by Crippen LogP contribution is -2.53. The summed E-state index contributed by atoms with van der Waals surface area (Å²) in [5.41, 5.74) is 0. The Morgan fingerprint density at radius 2 is 1.89 bits per heavy atom. The van der Waals surface area contributed by atoms with Crippen molar-refractivity contribution in [2.24, 2.45) is 0 Å². The third-order valence-corrected chi connectivity index (χ3v) is 1.99. The van der Waals surface area contributed by atoms with Crippen molar-refractivity contribution in [1.82, 2.24) is 0 Å². The lowest BCUT2D eigenvalue weighted by atomic mass is 10.4. The Kier molecular flexibility index (Phi) is 1.45. The Labute approximate surface area is 54.5 Å². The van der Waals surface area contributed by atoms with E-state index in [2.05, 4.69) is 0 Å². The predicted octanol–water partition coefficient (Wildman–Crippen LogP) is -0.430. The molecule has 0 aromatic carbocycles. The van der Waals surface area contributed by atoms with Gasteiger partial charge in [-0.05, 0) is 0 Å². The molecule has 1 aliphatic heterocycles. The van der Waals surface area contributed by atoms with Gasteiger partial charge in [0.1, 0.15) is 0 Å². The van der Waals surface area contributed by atoms with Crippen molar-refractivity contribution in [2.45, 2.75) is 12.8 Å². The number of likely N-dealkylation sites (tertiary alicyclic amines) is 1. The van der Waals surface area contributed by atoms with Crippen LogP contribution in [0.4, 0.5) is 4.79 Å². The maximum Gasteiger partial charge on any atom is 0.257 e. The summed E-state index contributed by atoms with van der Waals surface area (Å²) in [5.74, 6) is 0. The molecule has 52 valence electrons. The zero-order valence-electron chi connectivity index (χ0n) is 5.59. The summed E-state index contributed by atoms with van der Waals surface area (Å²) < 4.78 is 0.111. The van der Waals surface area contributed by atoms with Crippen LogP contribution in [0, 0.1) is 0 Å². The van der Waals surface area contributed by atoms with E-state index in [1.54, 1.807) is 7.05 Å². The van der Waals surface area contributed by atoms with Crippen LogP contribution >= 0.6 is 0 Å². The number of rotatable bonds is 0. The molecule has 9 heavy (non-hydrogen) atoms. The van der Waals surface area contributed by atoms with Gasteiger partial charge in [0.25, 0.3) is 6.09 Å². The van der Waals surface area contributed by atoms with Gasteiger partial charge in [0.2, 0.25) is 0 Å². The molecule has 3 nitrogen and oxygen atoms in total. The van der Waals surface area contributed by atoms with E-state index >= 15 is 0 Å². The number of carbonyl (C=O) groups excluding carboxylic acids is 1. The number of hydrogen-bond donors (Lipinski definition) is 0. The van der Waals surface area contributed by atoms with Crippen molar-refractivity contribution in [3.05, 3.63) is 0 Å². The molecule has 0 bridgehead atoms. The molecule has 1 amide bonds. The maximum atomic E-state index is 10.4. The molecule has 0 unspecified atom stereocenters. The van der Waals surface area contributed by atoms with Crippen molar-refractivity contribution in [3.63, 3.8) is 0 Å². The molecule has 1 fully saturated rings. The van der Waals surface area contributed by atoms with Crippen LogP contribution in [-0.4, -0.2) is 30.7 Å². The predicted molar refractivity (Wildman–Crippen MR) is 30.5 cm³/mol. The van der Waals surface area contributed by atoms with E-state index in [4.69, 9.17) is 0 Å². The molecule has 0 aromatic heterocycles. The van der Waals surface area contributed by atoms with Gasteiger partial charge in [0.15, 0.2) is 0 Å². The lowest BCUT2D eigenvalue weighted by Gasteiger charge is -2.27. The highest BCUT2D eigenvalue weighted by atomic mass is 16.4. The molecule has 1 rings (SSSR count). The van der Waals surface area contributed by atoms with E-state index in [0.717, 1.165) is 25.9 Å². The van der Waals surface area contributed by atoms with E-state index in [1.165, 1.54) is 0 Å². The summed E-state index contributed by atoms with van der Waals surface area (Å²) in [5, 5.41) is 10.4. The number of nitrogens with zero attached hydrogens (tertiary/aromatic N) is 1. The average Bonchev–Trinajstić information content (AvgIpc) is 2.16. The first-order valence-corrected chi connectivity index (χ1v) is 3.21. The zero-order chi connectivity index (χ0) is 6.91. The monoisotopic (exact) mass is 129 g/mol. The topological polar surface area (TPSA) is 40.1 Å². The third kappa shape index (κ3) is 1.05. The standard InChI is InChI=1S/C6H11NO2/c1-7(6(8)9)4-2-3-5-7/h2-5H2,1H3. The van der Waals surface area contributed by atoms with Crippen LogP contribution in [0.2, 0.25) is 0 Å². The Morgan fingerprint density at radius 3 is 2.11 bits per heavy atom. The number of hydrogen-bond acceptors (Lipinski definition) is 2. The fourth-order valence-electron chi connectivity index (χ4n) is 1.22. The van der Waals surface area contributed by atoms with Crippen molar-refractivity contribution in [2.75, 3.05) is 20.1 Å². The van der Waals surface area contributed by atoms with Crippen LogP contribution in [0.5, 0.6) is 0 Å². The van der Waals surface area contributed by atoms with Gasteiger partial charge >= 0.3 is 0 Å². The maximum absolute atomic E-state index is 10.4. The molecule has 1 saturated heterocycles. The van der Waals surface area contributed by atoms with E-state index in [0.29, 0.717) is 0 Å². The van der Waals surface area contributed by atoms with Crippen LogP contribution in [0.3, 0.4) is 0 Å². The molecule has 0 saturated carbocycles. The zero-order valence-corrected chi connectivity index (χ0v) is 5.59. The van der Waals surface area contributed by atoms with E-state index < -0.39 is 6.09 Å². The first-order valence-electron chi connectivity index (χ1n) is 3.21. The van der Waals surface area contributed by atoms with Crippen molar-refractivity contribution in [1.29, 1.82) is 0 Å². The second-order valence-electron chi connectivity index (χ2n) is 2.82. The number of carbonyl (C=O) groups is 1. The Morgan fingerprint density at radius 1 is 1.44 bits per heavy atom. The van der Waals surface area contributed by atoms with Crippen LogP contribution in [0.15, 0.2) is 0 Å². The molecule has 0 atom stereocenters. The normalized spacial score (nSPS) is 24.1. The van der Waals surface area contributed by atoms with E-state index in [1.807, 2.05) is 0 Å². The summed E-state index contributed by atoms with van der Waals surface area (Å²) in [6.07, 6.45) is 1.10. The van der Waals surface area contributed by atoms with Gasteiger partial charge < -0.3 is 9.90 Å². The molecule has 0 aliphatic carbocycles. The minimum atomic E-state index is -0.937. The summed E-state index contributed by atoms with van der Waals surface area (Å²) >= 11 is 0. The smallest absolute Gasteiger partial charge is 0.257 e. The van der Waals surface area contributed by atoms with E-state index in [9.17, 15) is 9.90 Å². The van der Waals surface area contributed by atoms with Gasteiger partial charge in [-0.15, -0.1) is 0 Å². The van der Waals surface area contributed by atoms with Gasteiger partial charge in [0.05, 0.1) is 20.1 Å². The summed E-state index contributed by atoms with van der Waals surface area (Å²) in [6.45, 7) is 1.48. The summed E-state index contributed by atoms with van der Waals surface area (Å²) in [6, 6.07) is 0. The number of carboxylic acid groups (broad SMARTS) is 1. The second kappa shape index (κ2) is 1.99. The Balaban J connectivity index is 2.61. The van der Waals surface area contributed by atoms with Gasteiger partial charge in [0, 0.05) is 12.8 Å². The second-order valence-corrected chi connectivity index (χ2v) is 2.82. The van der Waals surface area contributed by atoms with Crippen molar-refractivity contribution < 1.29 is 14.4 Å². The molecular formula is C6H11NO2. The fraction of sp³-hybridized carbons (Fsp3) is 0.833. The van der Waals surface area contributed by atoms with E-state index in [-0.39, 0.29) is 4.48 Å². The highest BCUT2D eigenvalue weighted by Gasteiger charge is 2.28. The van der Waals surface area contributed by atoms with Crippen molar-refractivity contribution >= 4 is 6.09 Å². The third-order valence-electron chi connectivity index (χ3n) is 1.99. The average molecular weight is 129 g/mol. The molecule has 0 aromatic rings. The molecule has 0 N–H and O–H groups in total. The summed E-state index contributed by atoms with van der Waals surface area (Å²) in [4.78, 5) is 10.4. The minimum absolute atomic E-state index is 0.111. The Hall–Kier alpha value is -0.570. The largest absolute Gasteiger partial charge is 0.498 e. The van der Waals surface area contributed by atoms with Crippen LogP contribution in [-0.2, 0) is 0 Å².